The summed E-state index contributed by atoms with van der Waals surface area (Å²) in [4.78, 5) is 22.7. The molecule has 0 aliphatic heterocycles. The lowest BCUT2D eigenvalue weighted by atomic mass is 9.98. The number of benzene rings is 2. The SMILES string of the molecule is CNC(=O)/C(=N/OC)c1cccc(C)c1CO/N=C(\C)c1cc(Br)ccc1I. The van der Waals surface area contributed by atoms with Gasteiger partial charge in [0.25, 0.3) is 5.91 Å². The quantitative estimate of drug-likeness (QED) is 0.311. The van der Waals surface area contributed by atoms with E-state index in [1.807, 2.05) is 50.2 Å². The van der Waals surface area contributed by atoms with E-state index in [4.69, 9.17) is 9.68 Å². The maximum Gasteiger partial charge on any atom is 0.273 e. The molecule has 1 amide bonds. The highest BCUT2D eigenvalue weighted by molar-refractivity contribution is 14.1. The largest absolute Gasteiger partial charge is 0.398 e. The van der Waals surface area contributed by atoms with Crippen LogP contribution in [0.15, 0.2) is 51.2 Å². The zero-order valence-corrected chi connectivity index (χ0v) is 19.8. The second-order valence-corrected chi connectivity index (χ2v) is 7.95. The van der Waals surface area contributed by atoms with E-state index in [-0.39, 0.29) is 18.2 Å². The molecule has 0 heterocycles. The van der Waals surface area contributed by atoms with Gasteiger partial charge in [-0.05, 0) is 60.2 Å². The van der Waals surface area contributed by atoms with Crippen LogP contribution in [0.1, 0.15) is 29.2 Å². The van der Waals surface area contributed by atoms with Crippen molar-refractivity contribution < 1.29 is 14.5 Å². The standard InChI is InChI=1S/C20H21BrIN3O3/c1-12-6-5-7-15(19(25-27-4)20(26)23-3)17(12)11-28-24-13(2)16-10-14(21)8-9-18(16)22/h5-10H,11H2,1-4H3,(H,23,26)/b24-13+,25-19+. The van der Waals surface area contributed by atoms with Crippen LogP contribution >= 0.6 is 38.5 Å². The van der Waals surface area contributed by atoms with Crippen LogP contribution in [0.5, 0.6) is 0 Å². The Morgan fingerprint density at radius 3 is 2.64 bits per heavy atom. The van der Waals surface area contributed by atoms with E-state index >= 15 is 0 Å². The van der Waals surface area contributed by atoms with Gasteiger partial charge in [0.15, 0.2) is 5.71 Å². The number of hydrogen-bond acceptors (Lipinski definition) is 5. The highest BCUT2D eigenvalue weighted by Crippen LogP contribution is 2.20. The van der Waals surface area contributed by atoms with E-state index in [1.54, 1.807) is 7.05 Å². The van der Waals surface area contributed by atoms with Crippen molar-refractivity contribution in [2.75, 3.05) is 14.2 Å². The van der Waals surface area contributed by atoms with Crippen LogP contribution in [0.25, 0.3) is 0 Å². The lowest BCUT2D eigenvalue weighted by molar-refractivity contribution is -0.114. The van der Waals surface area contributed by atoms with Gasteiger partial charge in [-0.2, -0.15) is 0 Å². The van der Waals surface area contributed by atoms with Crippen LogP contribution in [0.4, 0.5) is 0 Å². The Morgan fingerprint density at radius 1 is 1.21 bits per heavy atom. The van der Waals surface area contributed by atoms with Crippen LogP contribution in [0.3, 0.4) is 0 Å². The first-order valence-electron chi connectivity index (χ1n) is 8.43. The van der Waals surface area contributed by atoms with Crippen molar-refractivity contribution in [3.8, 4) is 0 Å². The Labute approximate surface area is 186 Å². The molecule has 0 aliphatic rings. The summed E-state index contributed by atoms with van der Waals surface area (Å²) in [5.41, 5.74) is 4.38. The van der Waals surface area contributed by atoms with Crippen molar-refractivity contribution >= 4 is 55.9 Å². The molecule has 0 unspecified atom stereocenters. The van der Waals surface area contributed by atoms with Gasteiger partial charge in [0.2, 0.25) is 0 Å². The maximum absolute atomic E-state index is 12.2. The monoisotopic (exact) mass is 557 g/mol. The molecule has 0 radical (unpaired) electrons. The summed E-state index contributed by atoms with van der Waals surface area (Å²) >= 11 is 5.74. The molecule has 0 saturated carbocycles. The number of rotatable bonds is 7. The molecule has 2 aromatic carbocycles. The zero-order chi connectivity index (χ0) is 20.7. The third-order valence-electron chi connectivity index (χ3n) is 4.02. The normalized spacial score (nSPS) is 11.9. The van der Waals surface area contributed by atoms with Gasteiger partial charge in [-0.25, -0.2) is 0 Å². The molecule has 2 aromatic rings. The van der Waals surface area contributed by atoms with E-state index in [1.165, 1.54) is 7.11 Å². The van der Waals surface area contributed by atoms with E-state index in [9.17, 15) is 4.79 Å². The number of halogens is 2. The fourth-order valence-corrected chi connectivity index (χ4v) is 3.64. The molecule has 8 heteroatoms. The molecule has 1 N–H and O–H groups in total. The predicted molar refractivity (Wildman–Crippen MR) is 123 cm³/mol. The third kappa shape index (κ3) is 5.54. The molecule has 0 fully saturated rings. The highest BCUT2D eigenvalue weighted by atomic mass is 127. The van der Waals surface area contributed by atoms with Gasteiger partial charge in [0, 0.05) is 31.8 Å². The number of hydrogen-bond donors (Lipinski definition) is 1. The number of nitrogens with one attached hydrogen (secondary N) is 1. The topological polar surface area (TPSA) is 72.3 Å². The maximum atomic E-state index is 12.2. The minimum Gasteiger partial charge on any atom is -0.398 e. The smallest absolute Gasteiger partial charge is 0.273 e. The number of nitrogens with zero attached hydrogens (tertiary/aromatic N) is 2. The molecule has 0 atom stereocenters. The number of oxime groups is 2. The Bertz CT molecular complexity index is 929. The van der Waals surface area contributed by atoms with Gasteiger partial charge in [-0.15, -0.1) is 0 Å². The van der Waals surface area contributed by atoms with E-state index in [2.05, 4.69) is 54.1 Å². The van der Waals surface area contributed by atoms with E-state index in [0.717, 1.165) is 30.4 Å². The van der Waals surface area contributed by atoms with Crippen molar-refractivity contribution in [2.24, 2.45) is 10.3 Å². The second kappa shape index (κ2) is 10.6. The van der Waals surface area contributed by atoms with Crippen molar-refractivity contribution in [3.05, 3.63) is 66.7 Å². The molecule has 0 saturated heterocycles. The molecular formula is C20H21BrIN3O3. The van der Waals surface area contributed by atoms with Gasteiger partial charge in [0.1, 0.15) is 13.7 Å². The molecule has 0 spiro atoms. The van der Waals surface area contributed by atoms with Gasteiger partial charge < -0.3 is 15.0 Å². The number of likely N-dealkylation sites (N-methyl/N-ethyl adjacent to an activating group) is 1. The average molecular weight is 558 g/mol. The second-order valence-electron chi connectivity index (χ2n) is 5.88. The summed E-state index contributed by atoms with van der Waals surface area (Å²) in [5.74, 6) is -0.336. The van der Waals surface area contributed by atoms with Crippen LogP contribution in [0.2, 0.25) is 0 Å². The first kappa shape index (κ1) is 22.4. The summed E-state index contributed by atoms with van der Waals surface area (Å²) in [6.45, 7) is 4.04. The summed E-state index contributed by atoms with van der Waals surface area (Å²) < 4.78 is 2.06. The molecular weight excluding hydrogens is 537 g/mol. The number of aryl methyl sites for hydroxylation is 1. The van der Waals surface area contributed by atoms with Gasteiger partial charge in [-0.3, -0.25) is 4.79 Å². The third-order valence-corrected chi connectivity index (χ3v) is 5.45. The number of carbonyl (C=O) groups is 1. The van der Waals surface area contributed by atoms with Crippen LogP contribution < -0.4 is 5.32 Å². The van der Waals surface area contributed by atoms with Crippen molar-refractivity contribution in [2.45, 2.75) is 20.5 Å². The highest BCUT2D eigenvalue weighted by Gasteiger charge is 2.19. The lowest BCUT2D eigenvalue weighted by Gasteiger charge is -2.13. The predicted octanol–water partition coefficient (Wildman–Crippen LogP) is 4.40. The summed E-state index contributed by atoms with van der Waals surface area (Å²) in [5, 5.41) is 10.7. The Morgan fingerprint density at radius 2 is 1.96 bits per heavy atom. The Kier molecular flexibility index (Phi) is 8.43. The number of carbonyl (C=O) groups excluding carboxylic acids is 1. The van der Waals surface area contributed by atoms with Crippen LogP contribution in [0, 0.1) is 10.5 Å². The summed E-state index contributed by atoms with van der Waals surface area (Å²) in [6, 6.07) is 11.6. The van der Waals surface area contributed by atoms with Gasteiger partial charge in [0.05, 0.1) is 5.71 Å². The Balaban J connectivity index is 2.31. The van der Waals surface area contributed by atoms with E-state index < -0.39 is 0 Å². The van der Waals surface area contributed by atoms with Crippen LogP contribution in [-0.2, 0) is 21.1 Å². The van der Waals surface area contributed by atoms with Crippen molar-refractivity contribution in [1.82, 2.24) is 5.32 Å². The molecule has 0 aliphatic carbocycles. The summed E-state index contributed by atoms with van der Waals surface area (Å²) in [7, 11) is 2.95. The minimum atomic E-state index is -0.336. The first-order valence-corrected chi connectivity index (χ1v) is 10.3. The Hall–Kier alpha value is -1.94. The first-order chi connectivity index (χ1) is 13.4. The van der Waals surface area contributed by atoms with Gasteiger partial charge >= 0.3 is 0 Å². The fourth-order valence-electron chi connectivity index (χ4n) is 2.56. The summed E-state index contributed by atoms with van der Waals surface area (Å²) in [6.07, 6.45) is 0. The van der Waals surface area contributed by atoms with Crippen LogP contribution in [-0.4, -0.2) is 31.5 Å². The van der Waals surface area contributed by atoms with Crippen molar-refractivity contribution in [3.63, 3.8) is 0 Å². The number of amides is 1. The zero-order valence-electron chi connectivity index (χ0n) is 16.0. The molecule has 28 heavy (non-hydrogen) atoms. The van der Waals surface area contributed by atoms with Gasteiger partial charge in [-0.1, -0.05) is 44.4 Å². The lowest BCUT2D eigenvalue weighted by Crippen LogP contribution is -2.29. The van der Waals surface area contributed by atoms with E-state index in [0.29, 0.717) is 5.56 Å². The molecule has 0 bridgehead atoms. The molecule has 0 aromatic heterocycles. The van der Waals surface area contributed by atoms with Crippen molar-refractivity contribution in [1.29, 1.82) is 0 Å². The molecule has 2 rings (SSSR count). The average Bonchev–Trinajstić information content (AvgIpc) is 2.68. The fraction of sp³-hybridized carbons (Fsp3) is 0.250. The molecule has 6 nitrogen and oxygen atoms in total. The molecule has 148 valence electrons. The minimum absolute atomic E-state index is 0.189.